The number of nitrogens with zero attached hydrogens (tertiary/aromatic N) is 2. The van der Waals surface area contributed by atoms with Gasteiger partial charge in [-0.2, -0.15) is 0 Å². The van der Waals surface area contributed by atoms with Crippen LogP contribution in [0, 0.1) is 6.92 Å². The number of carbonyl (C=O) groups is 2. The maximum Gasteiger partial charge on any atom is 0.290 e. The Hall–Kier alpha value is -3.58. The van der Waals surface area contributed by atoms with Gasteiger partial charge in [-0.1, -0.05) is 23.8 Å². The summed E-state index contributed by atoms with van der Waals surface area (Å²) in [4.78, 5) is 30.1. The molecule has 0 spiro atoms. The molecule has 0 fully saturated rings. The highest BCUT2D eigenvalue weighted by atomic mass is 16.5. The normalized spacial score (nSPS) is 16.3. The molecule has 2 heterocycles. The molecule has 0 saturated carbocycles. The van der Waals surface area contributed by atoms with Gasteiger partial charge in [0.15, 0.2) is 11.5 Å². The van der Waals surface area contributed by atoms with E-state index in [0.717, 1.165) is 10.9 Å². The lowest BCUT2D eigenvalue weighted by molar-refractivity contribution is -0.129. The molecule has 1 atom stereocenters. The van der Waals surface area contributed by atoms with Crippen LogP contribution in [0.5, 0.6) is 5.75 Å². The van der Waals surface area contributed by atoms with Crippen molar-refractivity contribution in [2.24, 2.45) is 0 Å². The lowest BCUT2D eigenvalue weighted by atomic mass is 9.95. The minimum atomic E-state index is -0.726. The first-order valence-corrected chi connectivity index (χ1v) is 11.0. The molecule has 3 aromatic rings. The first kappa shape index (κ1) is 22.6. The number of aryl methyl sites for hydroxylation is 1. The quantitative estimate of drug-likeness (QED) is 0.518. The molecule has 0 aliphatic carbocycles. The summed E-state index contributed by atoms with van der Waals surface area (Å²) in [5.74, 6) is -0.809. The molecular formula is C26H28N2O5. The molecule has 2 aromatic carbocycles. The average molecular weight is 449 g/mol. The van der Waals surface area contributed by atoms with Crippen molar-refractivity contribution in [3.05, 3.63) is 76.8 Å². The second-order valence-corrected chi connectivity index (χ2v) is 8.45. The molecule has 1 aromatic heterocycles. The number of fused-ring (bicyclic) bond motifs is 1. The molecule has 1 aliphatic heterocycles. The van der Waals surface area contributed by atoms with E-state index in [-0.39, 0.29) is 11.3 Å². The number of furan rings is 1. The number of aliphatic hydroxyl groups excluding tert-OH is 1. The standard InChI is InChI=1S/C26H28N2O5/c1-5-32-19-9-7-17(8-10-19)23-22(25(30)26(31)28(23)13-12-27(3)4)24(29)21-15-18-14-16(2)6-11-20(18)33-21/h6-11,14-15,23,30H,5,12-13H2,1-4H3. The fourth-order valence-corrected chi connectivity index (χ4v) is 4.09. The van der Waals surface area contributed by atoms with Crippen molar-refractivity contribution in [3.8, 4) is 5.75 Å². The summed E-state index contributed by atoms with van der Waals surface area (Å²) < 4.78 is 11.3. The molecule has 172 valence electrons. The third-order valence-corrected chi connectivity index (χ3v) is 5.74. The molecule has 1 amide bonds. The van der Waals surface area contributed by atoms with Crippen molar-refractivity contribution in [2.45, 2.75) is 19.9 Å². The Morgan fingerprint density at radius 2 is 1.88 bits per heavy atom. The molecule has 4 rings (SSSR count). The number of ketones is 1. The minimum absolute atomic E-state index is 0.0266. The lowest BCUT2D eigenvalue weighted by Gasteiger charge is -2.28. The fourth-order valence-electron chi connectivity index (χ4n) is 4.09. The first-order chi connectivity index (χ1) is 15.8. The van der Waals surface area contributed by atoms with Gasteiger partial charge in [0.25, 0.3) is 5.91 Å². The molecule has 1 N–H and O–H groups in total. The van der Waals surface area contributed by atoms with Crippen molar-refractivity contribution < 1.29 is 23.8 Å². The Morgan fingerprint density at radius 1 is 1.15 bits per heavy atom. The highest BCUT2D eigenvalue weighted by Gasteiger charge is 2.44. The van der Waals surface area contributed by atoms with Gasteiger partial charge in [-0.3, -0.25) is 9.59 Å². The number of rotatable bonds is 8. The monoisotopic (exact) mass is 448 g/mol. The Morgan fingerprint density at radius 3 is 2.55 bits per heavy atom. The van der Waals surface area contributed by atoms with Gasteiger partial charge in [-0.05, 0) is 63.8 Å². The van der Waals surface area contributed by atoms with E-state index >= 15 is 0 Å². The number of amides is 1. The van der Waals surface area contributed by atoms with Crippen LogP contribution in [0.1, 0.15) is 34.6 Å². The van der Waals surface area contributed by atoms with Crippen LogP contribution in [0.4, 0.5) is 0 Å². The summed E-state index contributed by atoms with van der Waals surface area (Å²) in [7, 11) is 3.81. The topological polar surface area (TPSA) is 83.2 Å². The number of ether oxygens (including phenoxy) is 1. The van der Waals surface area contributed by atoms with Crippen LogP contribution in [0.25, 0.3) is 11.0 Å². The zero-order chi connectivity index (χ0) is 23.7. The molecule has 0 radical (unpaired) electrons. The number of aliphatic hydroxyl groups is 1. The highest BCUT2D eigenvalue weighted by molar-refractivity contribution is 6.16. The zero-order valence-electron chi connectivity index (χ0n) is 19.3. The van der Waals surface area contributed by atoms with Crippen molar-refractivity contribution in [1.29, 1.82) is 0 Å². The number of likely N-dealkylation sites (N-methyl/N-ethyl adjacent to an activating group) is 1. The van der Waals surface area contributed by atoms with Crippen molar-refractivity contribution in [2.75, 3.05) is 33.8 Å². The van der Waals surface area contributed by atoms with E-state index in [0.29, 0.717) is 36.6 Å². The van der Waals surface area contributed by atoms with Gasteiger partial charge in [-0.25, -0.2) is 0 Å². The summed E-state index contributed by atoms with van der Waals surface area (Å²) >= 11 is 0. The van der Waals surface area contributed by atoms with Crippen LogP contribution >= 0.6 is 0 Å². The SMILES string of the molecule is CCOc1ccc(C2C(C(=O)c3cc4cc(C)ccc4o3)=C(O)C(=O)N2CCN(C)C)cc1. The smallest absolute Gasteiger partial charge is 0.290 e. The second kappa shape index (κ2) is 9.11. The van der Waals surface area contributed by atoms with Gasteiger partial charge in [0.05, 0.1) is 18.2 Å². The molecule has 1 unspecified atom stereocenters. The van der Waals surface area contributed by atoms with Gasteiger partial charge >= 0.3 is 0 Å². The van der Waals surface area contributed by atoms with Gasteiger partial charge < -0.3 is 24.1 Å². The molecule has 0 bridgehead atoms. The maximum atomic E-state index is 13.6. The van der Waals surface area contributed by atoms with Crippen LogP contribution in [0.2, 0.25) is 0 Å². The molecule has 33 heavy (non-hydrogen) atoms. The van der Waals surface area contributed by atoms with E-state index in [4.69, 9.17) is 9.15 Å². The fraction of sp³-hybridized carbons (Fsp3) is 0.308. The van der Waals surface area contributed by atoms with Crippen LogP contribution in [-0.4, -0.2) is 60.4 Å². The number of carbonyl (C=O) groups excluding carboxylic acids is 2. The van der Waals surface area contributed by atoms with Gasteiger partial charge in [0.2, 0.25) is 5.78 Å². The number of Topliss-reactive ketones (excluding diaryl/α,β-unsaturated/α-hetero) is 1. The first-order valence-electron chi connectivity index (χ1n) is 11.0. The number of hydrogen-bond donors (Lipinski definition) is 1. The Kier molecular flexibility index (Phi) is 6.24. The number of benzene rings is 2. The summed E-state index contributed by atoms with van der Waals surface area (Å²) in [6.07, 6.45) is 0. The third-order valence-electron chi connectivity index (χ3n) is 5.74. The van der Waals surface area contributed by atoms with E-state index in [1.165, 1.54) is 4.90 Å². The molecular weight excluding hydrogens is 420 g/mol. The van der Waals surface area contributed by atoms with Gasteiger partial charge in [0, 0.05) is 18.5 Å². The summed E-state index contributed by atoms with van der Waals surface area (Å²) in [6.45, 7) is 5.33. The van der Waals surface area contributed by atoms with Crippen molar-refractivity contribution >= 4 is 22.7 Å². The van der Waals surface area contributed by atoms with E-state index in [1.807, 2.05) is 63.2 Å². The molecule has 1 aliphatic rings. The summed E-state index contributed by atoms with van der Waals surface area (Å²) in [6, 6.07) is 13.8. The van der Waals surface area contributed by atoms with E-state index in [1.54, 1.807) is 18.2 Å². The van der Waals surface area contributed by atoms with E-state index < -0.39 is 23.5 Å². The zero-order valence-corrected chi connectivity index (χ0v) is 19.3. The van der Waals surface area contributed by atoms with E-state index in [9.17, 15) is 14.7 Å². The van der Waals surface area contributed by atoms with E-state index in [2.05, 4.69) is 0 Å². The molecule has 7 nitrogen and oxygen atoms in total. The molecule has 7 heteroatoms. The maximum absolute atomic E-state index is 13.6. The summed E-state index contributed by atoms with van der Waals surface area (Å²) in [5.41, 5.74) is 2.36. The second-order valence-electron chi connectivity index (χ2n) is 8.45. The van der Waals surface area contributed by atoms with Gasteiger partial charge in [-0.15, -0.1) is 0 Å². The van der Waals surface area contributed by atoms with Crippen LogP contribution in [0.3, 0.4) is 0 Å². The highest BCUT2D eigenvalue weighted by Crippen LogP contribution is 2.40. The van der Waals surface area contributed by atoms with Crippen LogP contribution in [0.15, 0.2) is 64.3 Å². The largest absolute Gasteiger partial charge is 0.503 e. The van der Waals surface area contributed by atoms with Crippen LogP contribution < -0.4 is 4.74 Å². The lowest BCUT2D eigenvalue weighted by Crippen LogP contribution is -2.36. The average Bonchev–Trinajstić information content (AvgIpc) is 3.31. The summed E-state index contributed by atoms with van der Waals surface area (Å²) in [5, 5.41) is 11.6. The Bertz CT molecular complexity index is 1220. The van der Waals surface area contributed by atoms with Crippen molar-refractivity contribution in [3.63, 3.8) is 0 Å². The number of hydrogen-bond acceptors (Lipinski definition) is 6. The predicted molar refractivity (Wildman–Crippen MR) is 126 cm³/mol. The Labute approximate surface area is 192 Å². The van der Waals surface area contributed by atoms with Crippen LogP contribution in [-0.2, 0) is 4.79 Å². The minimum Gasteiger partial charge on any atom is -0.503 e. The molecule has 0 saturated heterocycles. The third kappa shape index (κ3) is 4.36. The predicted octanol–water partition coefficient (Wildman–Crippen LogP) is 4.28. The van der Waals surface area contributed by atoms with Crippen molar-refractivity contribution in [1.82, 2.24) is 9.80 Å². The Balaban J connectivity index is 1.76. The van der Waals surface area contributed by atoms with Gasteiger partial charge in [0.1, 0.15) is 11.3 Å².